The Morgan fingerprint density at radius 2 is 1.58 bits per heavy atom. The third-order valence-corrected chi connectivity index (χ3v) is 3.68. The molecule has 0 atom stereocenters. The first kappa shape index (κ1) is 19.3. The second-order valence-corrected chi connectivity index (χ2v) is 5.64. The van der Waals surface area contributed by atoms with E-state index in [9.17, 15) is 9.59 Å². The van der Waals surface area contributed by atoms with E-state index in [-0.39, 0.29) is 18.4 Å². The van der Waals surface area contributed by atoms with Crippen LogP contribution < -0.4 is 20.1 Å². The smallest absolute Gasteiger partial charge is 0.239 e. The summed E-state index contributed by atoms with van der Waals surface area (Å²) in [5.41, 5.74) is 1.10. The fraction of sp³-hybridized carbons (Fsp3) is 0.300. The molecule has 26 heavy (non-hydrogen) atoms. The molecule has 0 aromatic heterocycles. The zero-order valence-electron chi connectivity index (χ0n) is 14.9. The molecule has 0 spiro atoms. The van der Waals surface area contributed by atoms with E-state index in [0.717, 1.165) is 11.3 Å². The molecule has 6 nitrogen and oxygen atoms in total. The summed E-state index contributed by atoms with van der Waals surface area (Å²) in [6.45, 7) is 0.681. The lowest BCUT2D eigenvalue weighted by Gasteiger charge is -2.09. The zero-order chi connectivity index (χ0) is 18.6. The molecule has 2 rings (SSSR count). The second kappa shape index (κ2) is 10.8. The van der Waals surface area contributed by atoms with Crippen LogP contribution in [0.2, 0.25) is 0 Å². The lowest BCUT2D eigenvalue weighted by molar-refractivity contribution is -0.126. The molecule has 0 aliphatic heterocycles. The highest BCUT2D eigenvalue weighted by molar-refractivity contribution is 5.84. The summed E-state index contributed by atoms with van der Waals surface area (Å²) in [5.74, 6) is 1.08. The molecular formula is C20H24N2O4. The Hall–Kier alpha value is -3.02. The van der Waals surface area contributed by atoms with E-state index in [0.29, 0.717) is 31.7 Å². The average molecular weight is 356 g/mol. The third kappa shape index (κ3) is 7.25. The van der Waals surface area contributed by atoms with Crippen molar-refractivity contribution in [3.63, 3.8) is 0 Å². The van der Waals surface area contributed by atoms with Crippen molar-refractivity contribution in [3.8, 4) is 11.5 Å². The summed E-state index contributed by atoms with van der Waals surface area (Å²) in [6, 6.07) is 17.0. The maximum absolute atomic E-state index is 11.8. The largest absolute Gasteiger partial charge is 0.497 e. The minimum Gasteiger partial charge on any atom is -0.497 e. The van der Waals surface area contributed by atoms with E-state index in [2.05, 4.69) is 10.6 Å². The molecule has 0 aliphatic rings. The van der Waals surface area contributed by atoms with Crippen LogP contribution in [0.15, 0.2) is 54.6 Å². The Morgan fingerprint density at radius 1 is 0.885 bits per heavy atom. The van der Waals surface area contributed by atoms with Gasteiger partial charge >= 0.3 is 0 Å². The first-order valence-electron chi connectivity index (χ1n) is 8.51. The van der Waals surface area contributed by atoms with Gasteiger partial charge in [-0.3, -0.25) is 9.59 Å². The second-order valence-electron chi connectivity index (χ2n) is 5.64. The highest BCUT2D eigenvalue weighted by Gasteiger charge is 2.05. The Balaban J connectivity index is 1.54. The number of rotatable bonds is 10. The van der Waals surface area contributed by atoms with Gasteiger partial charge in [0, 0.05) is 6.42 Å². The summed E-state index contributed by atoms with van der Waals surface area (Å²) in [6.07, 6.45) is 1.02. The zero-order valence-corrected chi connectivity index (χ0v) is 14.9. The van der Waals surface area contributed by atoms with Crippen molar-refractivity contribution in [2.75, 3.05) is 26.8 Å². The molecule has 2 N–H and O–H groups in total. The van der Waals surface area contributed by atoms with Crippen molar-refractivity contribution in [2.45, 2.75) is 12.8 Å². The number of amides is 2. The topological polar surface area (TPSA) is 76.7 Å². The predicted octanol–water partition coefficient (Wildman–Crippen LogP) is 1.94. The van der Waals surface area contributed by atoms with Gasteiger partial charge in [-0.15, -0.1) is 0 Å². The van der Waals surface area contributed by atoms with Gasteiger partial charge in [0.05, 0.1) is 20.2 Å². The molecule has 2 amide bonds. The molecule has 0 heterocycles. The van der Waals surface area contributed by atoms with E-state index in [1.807, 2.05) is 30.3 Å². The molecule has 138 valence electrons. The number of aryl methyl sites for hydroxylation is 1. The summed E-state index contributed by atoms with van der Waals surface area (Å²) in [7, 11) is 1.60. The number of hydrogen-bond donors (Lipinski definition) is 2. The fourth-order valence-corrected chi connectivity index (χ4v) is 2.26. The van der Waals surface area contributed by atoms with E-state index in [1.54, 1.807) is 31.4 Å². The van der Waals surface area contributed by atoms with Crippen molar-refractivity contribution >= 4 is 11.8 Å². The van der Waals surface area contributed by atoms with Gasteiger partial charge in [-0.1, -0.05) is 30.3 Å². The van der Waals surface area contributed by atoms with Crippen LogP contribution in [-0.2, 0) is 16.0 Å². The molecular weight excluding hydrogens is 332 g/mol. The SMILES string of the molecule is COc1ccc(OCCNC(=O)CNC(=O)CCc2ccccc2)cc1. The van der Waals surface area contributed by atoms with Crippen molar-refractivity contribution < 1.29 is 19.1 Å². The van der Waals surface area contributed by atoms with Gasteiger partial charge in [-0.2, -0.15) is 0 Å². The Labute approximate surface area is 153 Å². The maximum atomic E-state index is 11.8. The van der Waals surface area contributed by atoms with E-state index in [4.69, 9.17) is 9.47 Å². The van der Waals surface area contributed by atoms with E-state index in [1.165, 1.54) is 0 Å². The number of carbonyl (C=O) groups excluding carboxylic acids is 2. The van der Waals surface area contributed by atoms with E-state index < -0.39 is 0 Å². The van der Waals surface area contributed by atoms with Crippen molar-refractivity contribution in [3.05, 3.63) is 60.2 Å². The standard InChI is InChI=1S/C20H24N2O4/c1-25-17-8-10-18(11-9-17)26-14-13-21-20(24)15-22-19(23)12-7-16-5-3-2-4-6-16/h2-6,8-11H,7,12-15H2,1H3,(H,21,24)(H,22,23). The Morgan fingerprint density at radius 3 is 2.27 bits per heavy atom. The van der Waals surface area contributed by atoms with Gasteiger partial charge in [-0.05, 0) is 36.2 Å². The van der Waals surface area contributed by atoms with Gasteiger partial charge in [0.15, 0.2) is 0 Å². The number of ether oxygens (including phenoxy) is 2. The lowest BCUT2D eigenvalue weighted by Crippen LogP contribution is -2.38. The summed E-state index contributed by atoms with van der Waals surface area (Å²) in [5, 5.41) is 5.32. The van der Waals surface area contributed by atoms with Crippen LogP contribution >= 0.6 is 0 Å². The van der Waals surface area contributed by atoms with Crippen LogP contribution in [-0.4, -0.2) is 38.6 Å². The van der Waals surface area contributed by atoms with E-state index >= 15 is 0 Å². The molecule has 2 aromatic carbocycles. The third-order valence-electron chi connectivity index (χ3n) is 3.68. The number of carbonyl (C=O) groups is 2. The molecule has 0 saturated heterocycles. The molecule has 0 radical (unpaired) electrons. The first-order valence-corrected chi connectivity index (χ1v) is 8.51. The van der Waals surface area contributed by atoms with Gasteiger partial charge in [0.2, 0.25) is 11.8 Å². The fourth-order valence-electron chi connectivity index (χ4n) is 2.26. The monoisotopic (exact) mass is 356 g/mol. The number of methoxy groups -OCH3 is 1. The molecule has 0 unspecified atom stereocenters. The summed E-state index contributed by atoms with van der Waals surface area (Å²) >= 11 is 0. The van der Waals surface area contributed by atoms with Gasteiger partial charge in [0.25, 0.3) is 0 Å². The average Bonchev–Trinajstić information content (AvgIpc) is 2.69. The highest BCUT2D eigenvalue weighted by Crippen LogP contribution is 2.16. The van der Waals surface area contributed by atoms with Crippen LogP contribution in [0.3, 0.4) is 0 Å². The molecule has 0 aliphatic carbocycles. The highest BCUT2D eigenvalue weighted by atomic mass is 16.5. The predicted molar refractivity (Wildman–Crippen MR) is 99.3 cm³/mol. The number of benzene rings is 2. The van der Waals surface area contributed by atoms with Crippen LogP contribution in [0.25, 0.3) is 0 Å². The maximum Gasteiger partial charge on any atom is 0.239 e. The van der Waals surface area contributed by atoms with Crippen LogP contribution in [0, 0.1) is 0 Å². The molecule has 0 bridgehead atoms. The summed E-state index contributed by atoms with van der Waals surface area (Å²) < 4.78 is 10.6. The Bertz CT molecular complexity index is 687. The Kier molecular flexibility index (Phi) is 7.99. The molecule has 2 aromatic rings. The summed E-state index contributed by atoms with van der Waals surface area (Å²) in [4.78, 5) is 23.5. The minimum atomic E-state index is -0.239. The lowest BCUT2D eigenvalue weighted by atomic mass is 10.1. The van der Waals surface area contributed by atoms with Crippen molar-refractivity contribution in [1.82, 2.24) is 10.6 Å². The molecule has 6 heteroatoms. The van der Waals surface area contributed by atoms with Gasteiger partial charge in [-0.25, -0.2) is 0 Å². The van der Waals surface area contributed by atoms with Crippen LogP contribution in [0.5, 0.6) is 11.5 Å². The minimum absolute atomic E-state index is 0.0316. The quantitative estimate of drug-likeness (QED) is 0.638. The van der Waals surface area contributed by atoms with Gasteiger partial charge in [0.1, 0.15) is 18.1 Å². The first-order chi connectivity index (χ1) is 12.7. The van der Waals surface area contributed by atoms with Crippen molar-refractivity contribution in [2.24, 2.45) is 0 Å². The normalized spacial score (nSPS) is 10.0. The van der Waals surface area contributed by atoms with Crippen molar-refractivity contribution in [1.29, 1.82) is 0 Å². The van der Waals surface area contributed by atoms with Crippen LogP contribution in [0.4, 0.5) is 0 Å². The number of hydrogen-bond acceptors (Lipinski definition) is 4. The molecule has 0 saturated carbocycles. The van der Waals surface area contributed by atoms with Gasteiger partial charge < -0.3 is 20.1 Å². The number of nitrogens with one attached hydrogen (secondary N) is 2. The van der Waals surface area contributed by atoms with Crippen LogP contribution in [0.1, 0.15) is 12.0 Å². The molecule has 0 fully saturated rings.